The van der Waals surface area contributed by atoms with Crippen molar-refractivity contribution in [3.8, 4) is 17.3 Å². The van der Waals surface area contributed by atoms with Gasteiger partial charge in [0, 0.05) is 30.3 Å². The Morgan fingerprint density at radius 1 is 1.16 bits per heavy atom. The Balaban J connectivity index is 2.24. The number of nitrogens with one attached hydrogen (secondary N) is 2. The highest BCUT2D eigenvalue weighted by Gasteiger charge is 2.28. The predicted molar refractivity (Wildman–Crippen MR) is 144 cm³/mol. The second-order valence-corrected chi connectivity index (χ2v) is 10.8. The topological polar surface area (TPSA) is 145 Å². The molecule has 0 bridgehead atoms. The molecule has 3 aromatic rings. The normalized spacial score (nSPS) is 12.3. The molecule has 38 heavy (non-hydrogen) atoms. The molecule has 3 rings (SSSR count). The second kappa shape index (κ2) is 11.7. The number of non-ortho nitro benzene ring substituents is 1. The van der Waals surface area contributed by atoms with Crippen molar-refractivity contribution >= 4 is 21.6 Å². The third kappa shape index (κ3) is 6.20. The van der Waals surface area contributed by atoms with E-state index in [0.717, 1.165) is 23.6 Å². The summed E-state index contributed by atoms with van der Waals surface area (Å²) in [7, 11) is -4.19. The van der Waals surface area contributed by atoms with Gasteiger partial charge < -0.3 is 10.1 Å². The van der Waals surface area contributed by atoms with Crippen LogP contribution in [0.2, 0.25) is 0 Å². The monoisotopic (exact) mass is 543 g/mol. The molecule has 0 aliphatic carbocycles. The Labute approximate surface area is 222 Å². The maximum atomic E-state index is 13.3. The van der Waals surface area contributed by atoms with Crippen LogP contribution in [0.15, 0.2) is 41.3 Å². The number of hydrogen-bond acceptors (Lipinski definition) is 7. The molecule has 204 valence electrons. The fourth-order valence-electron chi connectivity index (χ4n) is 3.67. The first-order valence-corrected chi connectivity index (χ1v) is 13.8. The molecular formula is C26H33N5O6S. The summed E-state index contributed by atoms with van der Waals surface area (Å²) < 4.78 is 36.7. The van der Waals surface area contributed by atoms with E-state index in [1.165, 1.54) is 16.8 Å². The van der Waals surface area contributed by atoms with Crippen molar-refractivity contribution in [2.75, 3.05) is 6.54 Å². The molecule has 0 radical (unpaired) electrons. The molecule has 0 saturated carbocycles. The van der Waals surface area contributed by atoms with Crippen LogP contribution >= 0.6 is 0 Å². The number of aromatic nitrogens is 2. The molecule has 11 nitrogen and oxygen atoms in total. The summed E-state index contributed by atoms with van der Waals surface area (Å²) in [5.41, 5.74) is 2.54. The highest BCUT2D eigenvalue weighted by atomic mass is 32.2. The first kappa shape index (κ1) is 28.8. The molecule has 1 heterocycles. The quantitative estimate of drug-likeness (QED) is 0.263. The smallest absolute Gasteiger partial charge is 0.272 e. The molecule has 0 spiro atoms. The van der Waals surface area contributed by atoms with Crippen LogP contribution < -0.4 is 14.8 Å². The number of hydrogen-bond donors (Lipinski definition) is 2. The van der Waals surface area contributed by atoms with Crippen LogP contribution in [0.3, 0.4) is 0 Å². The van der Waals surface area contributed by atoms with E-state index in [0.29, 0.717) is 24.2 Å². The minimum Gasteiger partial charge on any atom is -0.437 e. The van der Waals surface area contributed by atoms with Gasteiger partial charge in [-0.1, -0.05) is 26.0 Å². The maximum absolute atomic E-state index is 13.3. The minimum atomic E-state index is -4.19. The number of benzene rings is 2. The van der Waals surface area contributed by atoms with Crippen LogP contribution in [0.25, 0.3) is 5.69 Å². The van der Waals surface area contributed by atoms with Gasteiger partial charge in [0.15, 0.2) is 5.69 Å². The standard InChI is InChI=1S/C26H33N5O6S/c1-7-13-27-25(32)24-19(6)26(30(28-24)21-14-16(3)9-10-17(21)4)37-22-12-11-20(31(33)34)15-23(22)38(35,36)29-18(5)8-2/h9-12,14-15,18,29H,7-8,13H2,1-6H3,(H,27,32)/t18-/m0/s1. The number of carbonyl (C=O) groups is 1. The van der Waals surface area contributed by atoms with Crippen molar-refractivity contribution in [1.82, 2.24) is 19.8 Å². The van der Waals surface area contributed by atoms with E-state index < -0.39 is 37.5 Å². The molecule has 12 heteroatoms. The van der Waals surface area contributed by atoms with Gasteiger partial charge >= 0.3 is 0 Å². The number of carbonyl (C=O) groups excluding carboxylic acids is 1. The van der Waals surface area contributed by atoms with Crippen LogP contribution in [0.5, 0.6) is 11.6 Å². The first-order valence-electron chi connectivity index (χ1n) is 12.3. The maximum Gasteiger partial charge on any atom is 0.272 e. The van der Waals surface area contributed by atoms with Crippen molar-refractivity contribution in [3.63, 3.8) is 0 Å². The second-order valence-electron chi connectivity index (χ2n) is 9.16. The van der Waals surface area contributed by atoms with Gasteiger partial charge in [-0.05, 0) is 63.8 Å². The predicted octanol–water partition coefficient (Wildman–Crippen LogP) is 4.71. The van der Waals surface area contributed by atoms with Crippen molar-refractivity contribution in [2.45, 2.75) is 65.3 Å². The van der Waals surface area contributed by atoms with Gasteiger partial charge in [0.2, 0.25) is 15.9 Å². The van der Waals surface area contributed by atoms with Gasteiger partial charge in [0.25, 0.3) is 11.6 Å². The SMILES string of the molecule is CCCNC(=O)c1nn(-c2cc(C)ccc2C)c(Oc2ccc([N+](=O)[O-])cc2S(=O)(=O)N[C@@H](C)CC)c1C. The Bertz CT molecular complexity index is 1460. The lowest BCUT2D eigenvalue weighted by Crippen LogP contribution is -2.32. The van der Waals surface area contributed by atoms with E-state index in [4.69, 9.17) is 4.74 Å². The lowest BCUT2D eigenvalue weighted by molar-refractivity contribution is -0.385. The van der Waals surface area contributed by atoms with Gasteiger partial charge in [-0.3, -0.25) is 14.9 Å². The van der Waals surface area contributed by atoms with E-state index in [1.807, 2.05) is 45.9 Å². The molecule has 0 aliphatic heterocycles. The van der Waals surface area contributed by atoms with E-state index in [2.05, 4.69) is 15.1 Å². The lowest BCUT2D eigenvalue weighted by atomic mass is 10.1. The zero-order valence-corrected chi connectivity index (χ0v) is 23.2. The zero-order valence-electron chi connectivity index (χ0n) is 22.4. The number of amides is 1. The Kier molecular flexibility index (Phi) is 8.89. The van der Waals surface area contributed by atoms with Gasteiger partial charge in [-0.2, -0.15) is 9.78 Å². The number of nitro benzene ring substituents is 1. The van der Waals surface area contributed by atoms with Crippen LogP contribution in [0.1, 0.15) is 60.8 Å². The van der Waals surface area contributed by atoms with E-state index >= 15 is 0 Å². The number of ether oxygens (including phenoxy) is 1. The summed E-state index contributed by atoms with van der Waals surface area (Å²) in [6.07, 6.45) is 1.25. The highest BCUT2D eigenvalue weighted by Crippen LogP contribution is 2.36. The molecular weight excluding hydrogens is 510 g/mol. The molecule has 2 aromatic carbocycles. The molecule has 1 atom stereocenters. The Hall–Kier alpha value is -3.77. The zero-order chi connectivity index (χ0) is 28.2. The van der Waals surface area contributed by atoms with Gasteiger partial charge in [0.05, 0.1) is 10.6 Å². The van der Waals surface area contributed by atoms with Crippen molar-refractivity contribution in [1.29, 1.82) is 0 Å². The summed E-state index contributed by atoms with van der Waals surface area (Å²) in [5, 5.41) is 18.8. The van der Waals surface area contributed by atoms with E-state index in [9.17, 15) is 23.3 Å². The van der Waals surface area contributed by atoms with Crippen LogP contribution in [0.4, 0.5) is 5.69 Å². The van der Waals surface area contributed by atoms with E-state index in [-0.39, 0.29) is 17.3 Å². The van der Waals surface area contributed by atoms with Crippen molar-refractivity contribution in [3.05, 3.63) is 68.9 Å². The largest absolute Gasteiger partial charge is 0.437 e. The summed E-state index contributed by atoms with van der Waals surface area (Å²) in [5.74, 6) is -0.413. The van der Waals surface area contributed by atoms with Gasteiger partial charge in [-0.25, -0.2) is 13.1 Å². The van der Waals surface area contributed by atoms with Crippen LogP contribution in [-0.2, 0) is 10.0 Å². The molecule has 1 aromatic heterocycles. The molecule has 0 aliphatic rings. The minimum absolute atomic E-state index is 0.120. The Morgan fingerprint density at radius 3 is 2.50 bits per heavy atom. The van der Waals surface area contributed by atoms with Gasteiger partial charge in [-0.15, -0.1) is 0 Å². The Morgan fingerprint density at radius 2 is 1.87 bits per heavy atom. The lowest BCUT2D eigenvalue weighted by Gasteiger charge is -2.17. The number of aryl methyl sites for hydroxylation is 2. The number of nitrogens with zero attached hydrogens (tertiary/aromatic N) is 3. The fraction of sp³-hybridized carbons (Fsp3) is 0.385. The number of rotatable bonds is 11. The van der Waals surface area contributed by atoms with E-state index in [1.54, 1.807) is 13.8 Å². The van der Waals surface area contributed by atoms with Crippen LogP contribution in [-0.4, -0.2) is 41.6 Å². The molecule has 0 fully saturated rings. The third-order valence-corrected chi connectivity index (χ3v) is 7.63. The summed E-state index contributed by atoms with van der Waals surface area (Å²) >= 11 is 0. The number of nitro groups is 1. The highest BCUT2D eigenvalue weighted by molar-refractivity contribution is 7.89. The van der Waals surface area contributed by atoms with Crippen molar-refractivity contribution < 1.29 is 22.9 Å². The molecule has 1 amide bonds. The third-order valence-electron chi connectivity index (χ3n) is 6.01. The van der Waals surface area contributed by atoms with Crippen molar-refractivity contribution in [2.24, 2.45) is 0 Å². The summed E-state index contributed by atoms with van der Waals surface area (Å²) in [4.78, 5) is 23.3. The summed E-state index contributed by atoms with van der Waals surface area (Å²) in [6.45, 7) is 11.3. The average molecular weight is 544 g/mol. The molecule has 2 N–H and O–H groups in total. The van der Waals surface area contributed by atoms with Crippen LogP contribution in [0, 0.1) is 30.9 Å². The number of sulfonamides is 1. The molecule has 0 unspecified atom stereocenters. The first-order chi connectivity index (χ1) is 17.9. The fourth-order valence-corrected chi connectivity index (χ4v) is 5.14. The summed E-state index contributed by atoms with van der Waals surface area (Å²) in [6, 6.07) is 8.67. The average Bonchev–Trinajstić information content (AvgIpc) is 3.19. The molecule has 0 saturated heterocycles. The van der Waals surface area contributed by atoms with Gasteiger partial charge in [0.1, 0.15) is 10.6 Å².